The minimum absolute atomic E-state index is 0.555. The van der Waals surface area contributed by atoms with Gasteiger partial charge < -0.3 is 10.6 Å². The van der Waals surface area contributed by atoms with Crippen LogP contribution in [-0.2, 0) is 6.42 Å². The summed E-state index contributed by atoms with van der Waals surface area (Å²) in [6, 6.07) is 14.0. The Morgan fingerprint density at radius 3 is 2.45 bits per heavy atom. The van der Waals surface area contributed by atoms with Gasteiger partial charge in [0, 0.05) is 16.4 Å². The SMILES string of the molecule is CCc1ccc(NC(=S)Nc2cccc(Cl)c2C)cc1. The topological polar surface area (TPSA) is 24.1 Å². The van der Waals surface area contributed by atoms with Gasteiger partial charge in [-0.3, -0.25) is 0 Å². The molecule has 4 heteroatoms. The molecule has 0 spiro atoms. The van der Waals surface area contributed by atoms with Crippen molar-refractivity contribution in [1.82, 2.24) is 0 Å². The lowest BCUT2D eigenvalue weighted by molar-refractivity contribution is 1.14. The standard InChI is InChI=1S/C16H17ClN2S/c1-3-12-7-9-13(10-8-12)18-16(20)19-15-6-4-5-14(17)11(15)2/h4-10H,3H2,1-2H3,(H2,18,19,20). The second-order valence-electron chi connectivity index (χ2n) is 4.54. The monoisotopic (exact) mass is 304 g/mol. The van der Waals surface area contributed by atoms with Gasteiger partial charge in [0.1, 0.15) is 0 Å². The highest BCUT2D eigenvalue weighted by atomic mass is 35.5. The number of benzene rings is 2. The molecule has 0 amide bonds. The number of hydrogen-bond donors (Lipinski definition) is 2. The zero-order chi connectivity index (χ0) is 14.5. The van der Waals surface area contributed by atoms with Crippen molar-refractivity contribution in [1.29, 1.82) is 0 Å². The second-order valence-corrected chi connectivity index (χ2v) is 5.36. The van der Waals surface area contributed by atoms with Crippen molar-refractivity contribution in [3.8, 4) is 0 Å². The van der Waals surface area contributed by atoms with Crippen LogP contribution in [0.2, 0.25) is 5.02 Å². The predicted molar refractivity (Wildman–Crippen MR) is 91.9 cm³/mol. The zero-order valence-corrected chi connectivity index (χ0v) is 13.1. The van der Waals surface area contributed by atoms with Crippen LogP contribution < -0.4 is 10.6 Å². The van der Waals surface area contributed by atoms with E-state index in [0.29, 0.717) is 5.11 Å². The quantitative estimate of drug-likeness (QED) is 0.779. The van der Waals surface area contributed by atoms with Crippen LogP contribution in [0.15, 0.2) is 42.5 Å². The molecule has 2 aromatic rings. The summed E-state index contributed by atoms with van der Waals surface area (Å²) < 4.78 is 0. The van der Waals surface area contributed by atoms with Crippen LogP contribution in [0.5, 0.6) is 0 Å². The van der Waals surface area contributed by atoms with E-state index in [1.165, 1.54) is 5.56 Å². The number of nitrogens with one attached hydrogen (secondary N) is 2. The summed E-state index contributed by atoms with van der Waals surface area (Å²) in [5.41, 5.74) is 4.18. The van der Waals surface area contributed by atoms with E-state index >= 15 is 0 Å². The van der Waals surface area contributed by atoms with Gasteiger partial charge in [0.25, 0.3) is 0 Å². The Kier molecular flexibility index (Phi) is 4.99. The first-order valence-electron chi connectivity index (χ1n) is 6.52. The van der Waals surface area contributed by atoms with Gasteiger partial charge in [-0.2, -0.15) is 0 Å². The minimum Gasteiger partial charge on any atom is -0.332 e. The zero-order valence-electron chi connectivity index (χ0n) is 11.5. The molecule has 2 aromatic carbocycles. The van der Waals surface area contributed by atoms with E-state index in [2.05, 4.69) is 29.7 Å². The van der Waals surface area contributed by atoms with Gasteiger partial charge in [0.2, 0.25) is 0 Å². The molecular formula is C16H17ClN2S. The molecule has 0 atom stereocenters. The third kappa shape index (κ3) is 3.71. The summed E-state index contributed by atoms with van der Waals surface area (Å²) in [5.74, 6) is 0. The number of anilines is 2. The number of aryl methyl sites for hydroxylation is 1. The van der Waals surface area contributed by atoms with Gasteiger partial charge in [-0.05, 0) is 61.0 Å². The maximum atomic E-state index is 6.09. The van der Waals surface area contributed by atoms with Crippen molar-refractivity contribution in [3.63, 3.8) is 0 Å². The molecule has 0 unspecified atom stereocenters. The van der Waals surface area contributed by atoms with Crippen molar-refractivity contribution < 1.29 is 0 Å². The second kappa shape index (κ2) is 6.73. The van der Waals surface area contributed by atoms with Crippen LogP contribution >= 0.6 is 23.8 Å². The molecule has 0 aliphatic rings. The minimum atomic E-state index is 0.555. The molecule has 0 bridgehead atoms. The lowest BCUT2D eigenvalue weighted by Gasteiger charge is -2.13. The molecule has 0 saturated carbocycles. The molecular weight excluding hydrogens is 288 g/mol. The van der Waals surface area contributed by atoms with Gasteiger partial charge in [-0.15, -0.1) is 0 Å². The number of rotatable bonds is 3. The van der Waals surface area contributed by atoms with Crippen molar-refractivity contribution in [2.45, 2.75) is 20.3 Å². The van der Waals surface area contributed by atoms with Crippen LogP contribution in [-0.4, -0.2) is 5.11 Å². The Balaban J connectivity index is 2.03. The van der Waals surface area contributed by atoms with Crippen molar-refractivity contribution in [2.75, 3.05) is 10.6 Å². The largest absolute Gasteiger partial charge is 0.332 e. The third-order valence-electron chi connectivity index (χ3n) is 3.14. The Morgan fingerprint density at radius 2 is 1.80 bits per heavy atom. The van der Waals surface area contributed by atoms with Crippen LogP contribution in [0.3, 0.4) is 0 Å². The molecule has 104 valence electrons. The van der Waals surface area contributed by atoms with E-state index in [-0.39, 0.29) is 0 Å². The smallest absolute Gasteiger partial charge is 0.175 e. The molecule has 0 heterocycles. The fourth-order valence-electron chi connectivity index (χ4n) is 1.85. The van der Waals surface area contributed by atoms with Gasteiger partial charge in [-0.25, -0.2) is 0 Å². The lowest BCUT2D eigenvalue weighted by atomic mass is 10.1. The van der Waals surface area contributed by atoms with Crippen LogP contribution in [0.4, 0.5) is 11.4 Å². The number of hydrogen-bond acceptors (Lipinski definition) is 1. The maximum Gasteiger partial charge on any atom is 0.175 e. The molecule has 0 aliphatic heterocycles. The van der Waals surface area contributed by atoms with E-state index in [1.54, 1.807) is 0 Å². The third-order valence-corrected chi connectivity index (χ3v) is 3.75. The summed E-state index contributed by atoms with van der Waals surface area (Å²) in [6.07, 6.45) is 1.03. The van der Waals surface area contributed by atoms with E-state index in [0.717, 1.165) is 28.4 Å². The van der Waals surface area contributed by atoms with Gasteiger partial charge >= 0.3 is 0 Å². The Hall–Kier alpha value is -1.58. The fraction of sp³-hybridized carbons (Fsp3) is 0.188. The van der Waals surface area contributed by atoms with Crippen LogP contribution in [0, 0.1) is 6.92 Å². The summed E-state index contributed by atoms with van der Waals surface area (Å²) in [6.45, 7) is 4.10. The molecule has 2 rings (SSSR count). The average Bonchev–Trinajstić information content (AvgIpc) is 2.45. The molecule has 0 fully saturated rings. The molecule has 0 aliphatic carbocycles. The normalized spacial score (nSPS) is 10.2. The van der Waals surface area contributed by atoms with E-state index < -0.39 is 0 Å². The highest BCUT2D eigenvalue weighted by molar-refractivity contribution is 7.80. The van der Waals surface area contributed by atoms with Crippen molar-refractivity contribution in [3.05, 3.63) is 58.6 Å². The highest BCUT2D eigenvalue weighted by Gasteiger charge is 2.04. The summed E-state index contributed by atoms with van der Waals surface area (Å²) in [5, 5.41) is 7.61. The fourth-order valence-corrected chi connectivity index (χ4v) is 2.25. The van der Waals surface area contributed by atoms with E-state index in [9.17, 15) is 0 Å². The Morgan fingerprint density at radius 1 is 1.10 bits per heavy atom. The van der Waals surface area contributed by atoms with Gasteiger partial charge in [0.15, 0.2) is 5.11 Å². The Bertz CT molecular complexity index is 608. The molecule has 20 heavy (non-hydrogen) atoms. The van der Waals surface area contributed by atoms with E-state index in [1.807, 2.05) is 37.3 Å². The number of thiocarbonyl (C=S) groups is 1. The Labute approximate surface area is 130 Å². The predicted octanol–water partition coefficient (Wildman–Crippen LogP) is 5.02. The van der Waals surface area contributed by atoms with Gasteiger partial charge in [-0.1, -0.05) is 36.7 Å². The maximum absolute atomic E-state index is 6.09. The first-order valence-corrected chi connectivity index (χ1v) is 7.31. The first-order chi connectivity index (χ1) is 9.60. The highest BCUT2D eigenvalue weighted by Crippen LogP contribution is 2.23. The molecule has 0 aromatic heterocycles. The molecule has 0 radical (unpaired) electrons. The molecule has 0 saturated heterocycles. The number of halogens is 1. The van der Waals surface area contributed by atoms with Crippen LogP contribution in [0.25, 0.3) is 0 Å². The molecule has 2 N–H and O–H groups in total. The molecule has 2 nitrogen and oxygen atoms in total. The van der Waals surface area contributed by atoms with Crippen molar-refractivity contribution in [2.24, 2.45) is 0 Å². The van der Waals surface area contributed by atoms with Crippen molar-refractivity contribution >= 4 is 40.3 Å². The first kappa shape index (κ1) is 14.8. The summed E-state index contributed by atoms with van der Waals surface area (Å²) >= 11 is 11.4. The van der Waals surface area contributed by atoms with Crippen LogP contribution in [0.1, 0.15) is 18.1 Å². The lowest BCUT2D eigenvalue weighted by Crippen LogP contribution is -2.19. The average molecular weight is 305 g/mol. The summed E-state index contributed by atoms with van der Waals surface area (Å²) in [4.78, 5) is 0. The summed E-state index contributed by atoms with van der Waals surface area (Å²) in [7, 11) is 0. The van der Waals surface area contributed by atoms with E-state index in [4.69, 9.17) is 23.8 Å². The van der Waals surface area contributed by atoms with Gasteiger partial charge in [0.05, 0.1) is 0 Å².